The Hall–Kier alpha value is -1.56. The van der Waals surface area contributed by atoms with E-state index in [1.165, 1.54) is 18.7 Å². The maximum atomic E-state index is 11.9. The van der Waals surface area contributed by atoms with Gasteiger partial charge in [0.15, 0.2) is 10.9 Å². The average molecular weight is 265 g/mol. The number of anilines is 2. The van der Waals surface area contributed by atoms with E-state index in [0.717, 1.165) is 5.56 Å². The lowest BCUT2D eigenvalue weighted by Crippen LogP contribution is -2.27. The summed E-state index contributed by atoms with van der Waals surface area (Å²) in [7, 11) is 0. The van der Waals surface area contributed by atoms with Gasteiger partial charge in [-0.1, -0.05) is 11.8 Å². The molecule has 2 rings (SSSR count). The molecule has 1 saturated heterocycles. The van der Waals surface area contributed by atoms with E-state index in [4.69, 9.17) is 5.73 Å². The third-order valence-electron chi connectivity index (χ3n) is 2.86. The van der Waals surface area contributed by atoms with E-state index in [1.807, 2.05) is 6.92 Å². The number of pyridine rings is 1. The predicted octanol–water partition coefficient (Wildman–Crippen LogP) is 1.36. The van der Waals surface area contributed by atoms with E-state index in [0.29, 0.717) is 24.5 Å². The van der Waals surface area contributed by atoms with Gasteiger partial charge in [0.2, 0.25) is 5.91 Å². The summed E-state index contributed by atoms with van der Waals surface area (Å²) in [6.45, 7) is 3.88. The van der Waals surface area contributed by atoms with Crippen molar-refractivity contribution in [2.75, 3.05) is 17.2 Å². The molecule has 5 nitrogen and oxygen atoms in total. The Labute approximate surface area is 110 Å². The van der Waals surface area contributed by atoms with E-state index >= 15 is 0 Å². The Morgan fingerprint density at radius 1 is 1.61 bits per heavy atom. The fourth-order valence-corrected chi connectivity index (χ4v) is 2.88. The summed E-state index contributed by atoms with van der Waals surface area (Å²) in [6.07, 6.45) is 2.00. The molecule has 1 fully saturated rings. The number of aromatic nitrogens is 1. The molecule has 1 aliphatic rings. The van der Waals surface area contributed by atoms with E-state index in [2.05, 4.69) is 4.98 Å². The van der Waals surface area contributed by atoms with Crippen molar-refractivity contribution < 1.29 is 9.59 Å². The van der Waals surface area contributed by atoms with Crippen LogP contribution < -0.4 is 10.6 Å². The number of hydrogen-bond donors (Lipinski definition) is 1. The molecule has 1 aromatic rings. The van der Waals surface area contributed by atoms with Crippen LogP contribution >= 0.6 is 11.8 Å². The third kappa shape index (κ3) is 2.48. The van der Waals surface area contributed by atoms with Gasteiger partial charge in [0.25, 0.3) is 0 Å². The Balaban J connectivity index is 2.22. The first-order valence-corrected chi connectivity index (χ1v) is 6.55. The van der Waals surface area contributed by atoms with E-state index in [9.17, 15) is 9.59 Å². The number of amides is 1. The normalized spacial score (nSPS) is 19.3. The highest BCUT2D eigenvalue weighted by Crippen LogP contribution is 2.31. The molecule has 1 amide bonds. The van der Waals surface area contributed by atoms with Crippen LogP contribution in [0.2, 0.25) is 0 Å². The monoisotopic (exact) mass is 265 g/mol. The molecule has 1 atom stereocenters. The first kappa shape index (κ1) is 12.9. The smallest absolute Gasteiger partial charge is 0.229 e. The summed E-state index contributed by atoms with van der Waals surface area (Å²) in [5.74, 6) is 0.477. The van der Waals surface area contributed by atoms with E-state index < -0.39 is 0 Å². The predicted molar refractivity (Wildman–Crippen MR) is 72.4 cm³/mol. The average Bonchev–Trinajstić information content (AvgIpc) is 2.62. The first-order valence-electron chi connectivity index (χ1n) is 5.67. The second-order valence-electron chi connectivity index (χ2n) is 4.31. The van der Waals surface area contributed by atoms with Crippen molar-refractivity contribution in [3.05, 3.63) is 17.8 Å². The zero-order chi connectivity index (χ0) is 13.3. The third-order valence-corrected chi connectivity index (χ3v) is 3.85. The summed E-state index contributed by atoms with van der Waals surface area (Å²) in [6, 6.07) is 1.81. The molecule has 0 spiro atoms. The van der Waals surface area contributed by atoms with Crippen molar-refractivity contribution >= 4 is 34.3 Å². The van der Waals surface area contributed by atoms with E-state index in [-0.39, 0.29) is 16.3 Å². The number of nitrogens with zero attached hydrogens (tertiary/aromatic N) is 2. The van der Waals surface area contributed by atoms with Gasteiger partial charge < -0.3 is 5.73 Å². The standard InChI is InChI=1S/C12H15N3O2S/c1-7-3-4-14-12(11(7)13)15-6-9(5-10(15)17)18-8(2)16/h3-4,9H,5-6,13H2,1-2H3. The van der Waals surface area contributed by atoms with Crippen LogP contribution in [0.15, 0.2) is 12.3 Å². The Kier molecular flexibility index (Phi) is 3.56. The molecule has 0 radical (unpaired) electrons. The maximum absolute atomic E-state index is 11.9. The van der Waals surface area contributed by atoms with Gasteiger partial charge in [-0.05, 0) is 18.6 Å². The minimum atomic E-state index is -0.0291. The molecule has 6 heteroatoms. The highest BCUT2D eigenvalue weighted by atomic mass is 32.2. The van der Waals surface area contributed by atoms with E-state index in [1.54, 1.807) is 17.2 Å². The minimum Gasteiger partial charge on any atom is -0.396 e. The van der Waals surface area contributed by atoms with Gasteiger partial charge in [-0.2, -0.15) is 0 Å². The Morgan fingerprint density at radius 3 is 3.00 bits per heavy atom. The molecule has 0 bridgehead atoms. The molecule has 2 heterocycles. The van der Waals surface area contributed by atoms with Crippen LogP contribution in [0, 0.1) is 6.92 Å². The maximum Gasteiger partial charge on any atom is 0.229 e. The molecule has 2 N–H and O–H groups in total. The molecular weight excluding hydrogens is 250 g/mol. The number of nitrogen functional groups attached to an aromatic ring is 1. The summed E-state index contributed by atoms with van der Waals surface area (Å²) in [5, 5.41) is 0.0246. The summed E-state index contributed by atoms with van der Waals surface area (Å²) < 4.78 is 0. The van der Waals surface area contributed by atoms with Gasteiger partial charge in [0.05, 0.1) is 5.69 Å². The minimum absolute atomic E-state index is 0.00304. The topological polar surface area (TPSA) is 76.3 Å². The lowest BCUT2D eigenvalue weighted by atomic mass is 10.2. The SMILES string of the molecule is CC(=O)SC1CC(=O)N(c2nccc(C)c2N)C1. The highest BCUT2D eigenvalue weighted by Gasteiger charge is 2.33. The van der Waals surface area contributed by atoms with Crippen molar-refractivity contribution in [1.29, 1.82) is 0 Å². The van der Waals surface area contributed by atoms with Crippen molar-refractivity contribution in [3.63, 3.8) is 0 Å². The van der Waals surface area contributed by atoms with Crippen molar-refractivity contribution in [3.8, 4) is 0 Å². The fraction of sp³-hybridized carbons (Fsp3) is 0.417. The van der Waals surface area contributed by atoms with Gasteiger partial charge in [-0.25, -0.2) is 4.98 Å². The van der Waals surface area contributed by atoms with Gasteiger partial charge in [0.1, 0.15) is 0 Å². The quantitative estimate of drug-likeness (QED) is 0.873. The zero-order valence-corrected chi connectivity index (χ0v) is 11.2. The number of rotatable bonds is 2. The van der Waals surface area contributed by atoms with Gasteiger partial charge >= 0.3 is 0 Å². The largest absolute Gasteiger partial charge is 0.396 e. The first-order chi connectivity index (χ1) is 8.49. The van der Waals surface area contributed by atoms with Gasteiger partial charge in [-0.3, -0.25) is 14.5 Å². The lowest BCUT2D eigenvalue weighted by Gasteiger charge is -2.18. The Morgan fingerprint density at radius 2 is 2.33 bits per heavy atom. The number of thioether (sulfide) groups is 1. The lowest BCUT2D eigenvalue weighted by molar-refractivity contribution is -0.117. The molecule has 0 aliphatic carbocycles. The number of nitrogens with two attached hydrogens (primary N) is 1. The molecule has 18 heavy (non-hydrogen) atoms. The van der Waals surface area contributed by atoms with Crippen LogP contribution in [0.4, 0.5) is 11.5 Å². The molecule has 0 aromatic carbocycles. The van der Waals surface area contributed by atoms with Crippen LogP contribution in [0.5, 0.6) is 0 Å². The molecule has 0 saturated carbocycles. The van der Waals surface area contributed by atoms with Crippen molar-refractivity contribution in [2.24, 2.45) is 0 Å². The number of carbonyl (C=O) groups is 2. The molecular formula is C12H15N3O2S. The second-order valence-corrected chi connectivity index (χ2v) is 5.78. The van der Waals surface area contributed by atoms with Crippen LogP contribution in [-0.2, 0) is 9.59 Å². The zero-order valence-electron chi connectivity index (χ0n) is 10.3. The summed E-state index contributed by atoms with van der Waals surface area (Å²) >= 11 is 1.20. The van der Waals surface area contributed by atoms with Crippen LogP contribution in [0.3, 0.4) is 0 Å². The number of aryl methyl sites for hydroxylation is 1. The summed E-state index contributed by atoms with van der Waals surface area (Å²) in [5.41, 5.74) is 7.37. The van der Waals surface area contributed by atoms with Crippen LogP contribution in [0.1, 0.15) is 18.9 Å². The van der Waals surface area contributed by atoms with Crippen molar-refractivity contribution in [2.45, 2.75) is 25.5 Å². The van der Waals surface area contributed by atoms with Gasteiger partial charge in [0, 0.05) is 31.3 Å². The van der Waals surface area contributed by atoms with Crippen LogP contribution in [0.25, 0.3) is 0 Å². The van der Waals surface area contributed by atoms with Crippen LogP contribution in [-0.4, -0.2) is 27.8 Å². The number of hydrogen-bond acceptors (Lipinski definition) is 5. The highest BCUT2D eigenvalue weighted by molar-refractivity contribution is 8.14. The fourth-order valence-electron chi connectivity index (χ4n) is 1.96. The van der Waals surface area contributed by atoms with Crippen molar-refractivity contribution in [1.82, 2.24) is 4.98 Å². The number of carbonyl (C=O) groups excluding carboxylic acids is 2. The Bertz CT molecular complexity index is 504. The second kappa shape index (κ2) is 4.97. The molecule has 1 aliphatic heterocycles. The molecule has 96 valence electrons. The van der Waals surface area contributed by atoms with Gasteiger partial charge in [-0.15, -0.1) is 0 Å². The summed E-state index contributed by atoms with van der Waals surface area (Å²) in [4.78, 5) is 28.7. The molecule has 1 aromatic heterocycles. The molecule has 1 unspecified atom stereocenters.